The van der Waals surface area contributed by atoms with Crippen LogP contribution in [0.2, 0.25) is 0 Å². The molecule has 0 bridgehead atoms. The Labute approximate surface area is 101 Å². The summed E-state index contributed by atoms with van der Waals surface area (Å²) in [5, 5.41) is 0. The Balaban J connectivity index is 1.96. The Morgan fingerprint density at radius 3 is 2.25 bits per heavy atom. The van der Waals surface area contributed by atoms with Gasteiger partial charge in [0.2, 0.25) is 9.05 Å². The predicted molar refractivity (Wildman–Crippen MR) is 66.4 cm³/mol. The minimum absolute atomic E-state index is 0.0112. The van der Waals surface area contributed by atoms with Crippen molar-refractivity contribution >= 4 is 19.7 Å². The third kappa shape index (κ3) is 3.22. The molecular formula is C12H15ClO2S. The van der Waals surface area contributed by atoms with Crippen LogP contribution < -0.4 is 0 Å². The van der Waals surface area contributed by atoms with E-state index in [1.165, 1.54) is 24.8 Å². The zero-order valence-electron chi connectivity index (χ0n) is 9.02. The molecular weight excluding hydrogens is 244 g/mol. The van der Waals surface area contributed by atoms with E-state index in [1.807, 2.05) is 12.1 Å². The van der Waals surface area contributed by atoms with Gasteiger partial charge in [-0.1, -0.05) is 30.7 Å². The maximum Gasteiger partial charge on any atom is 0.232 e. The molecule has 1 saturated carbocycles. The largest absolute Gasteiger partial charge is 0.232 e. The molecule has 0 saturated heterocycles. The molecule has 0 amide bonds. The van der Waals surface area contributed by atoms with Gasteiger partial charge >= 0.3 is 0 Å². The second-order valence-electron chi connectivity index (χ2n) is 4.36. The molecule has 1 aliphatic carbocycles. The van der Waals surface area contributed by atoms with Gasteiger partial charge in [0.25, 0.3) is 0 Å². The topological polar surface area (TPSA) is 34.1 Å². The Kier molecular flexibility index (Phi) is 3.55. The zero-order valence-corrected chi connectivity index (χ0v) is 10.6. The number of halogens is 1. The number of benzene rings is 1. The molecule has 0 aromatic heterocycles. The lowest BCUT2D eigenvalue weighted by Crippen LogP contribution is -2.08. The molecule has 0 aliphatic heterocycles. The third-order valence-electron chi connectivity index (χ3n) is 3.19. The lowest BCUT2D eigenvalue weighted by Gasteiger charge is -2.25. The highest BCUT2D eigenvalue weighted by Crippen LogP contribution is 2.36. The van der Waals surface area contributed by atoms with Gasteiger partial charge in [-0.3, -0.25) is 0 Å². The molecule has 0 unspecified atom stereocenters. The number of hydrogen-bond donors (Lipinski definition) is 0. The summed E-state index contributed by atoms with van der Waals surface area (Å²) in [6, 6.07) is 8.24. The quantitative estimate of drug-likeness (QED) is 0.778. The van der Waals surface area contributed by atoms with E-state index in [-0.39, 0.29) is 5.75 Å². The fraction of sp³-hybridized carbons (Fsp3) is 0.500. The predicted octanol–water partition coefficient (Wildman–Crippen LogP) is 3.07. The van der Waals surface area contributed by atoms with Crippen molar-refractivity contribution in [2.24, 2.45) is 0 Å². The standard InChI is InChI=1S/C12H15ClO2S/c13-16(14,15)9-8-10-4-6-12(7-5-10)11-2-1-3-11/h4-7,11H,1-3,8-9H2. The average Bonchev–Trinajstić information content (AvgIpc) is 2.13. The van der Waals surface area contributed by atoms with E-state index >= 15 is 0 Å². The van der Waals surface area contributed by atoms with Crippen molar-refractivity contribution in [2.45, 2.75) is 31.6 Å². The fourth-order valence-electron chi connectivity index (χ4n) is 1.94. The summed E-state index contributed by atoms with van der Waals surface area (Å²) >= 11 is 0. The molecule has 16 heavy (non-hydrogen) atoms. The first-order valence-corrected chi connectivity index (χ1v) is 8.03. The first kappa shape index (κ1) is 11.9. The van der Waals surface area contributed by atoms with Crippen molar-refractivity contribution in [3.63, 3.8) is 0 Å². The van der Waals surface area contributed by atoms with Gasteiger partial charge in [-0.05, 0) is 36.3 Å². The van der Waals surface area contributed by atoms with Gasteiger partial charge in [-0.25, -0.2) is 8.42 Å². The minimum Gasteiger partial charge on any atom is -0.212 e. The van der Waals surface area contributed by atoms with Gasteiger partial charge in [0.1, 0.15) is 0 Å². The molecule has 0 radical (unpaired) electrons. The zero-order chi connectivity index (χ0) is 11.6. The first-order chi connectivity index (χ1) is 7.54. The van der Waals surface area contributed by atoms with Crippen LogP contribution in [0, 0.1) is 0 Å². The number of aryl methyl sites for hydroxylation is 1. The van der Waals surface area contributed by atoms with E-state index in [1.54, 1.807) is 0 Å². The molecule has 1 aromatic rings. The van der Waals surface area contributed by atoms with Gasteiger partial charge < -0.3 is 0 Å². The van der Waals surface area contributed by atoms with Gasteiger partial charge in [-0.2, -0.15) is 0 Å². The van der Waals surface area contributed by atoms with E-state index in [0.717, 1.165) is 11.5 Å². The highest BCUT2D eigenvalue weighted by atomic mass is 35.7. The van der Waals surface area contributed by atoms with E-state index < -0.39 is 9.05 Å². The van der Waals surface area contributed by atoms with Crippen molar-refractivity contribution in [1.82, 2.24) is 0 Å². The second-order valence-corrected chi connectivity index (χ2v) is 7.26. The van der Waals surface area contributed by atoms with Crippen LogP contribution in [-0.4, -0.2) is 14.2 Å². The Morgan fingerprint density at radius 2 is 1.81 bits per heavy atom. The molecule has 88 valence electrons. The van der Waals surface area contributed by atoms with Crippen LogP contribution in [-0.2, 0) is 15.5 Å². The normalized spacial score (nSPS) is 17.1. The second kappa shape index (κ2) is 4.76. The number of rotatable bonds is 4. The maximum absolute atomic E-state index is 10.8. The van der Waals surface area contributed by atoms with Crippen LogP contribution in [0.5, 0.6) is 0 Å². The highest BCUT2D eigenvalue weighted by Gasteiger charge is 2.18. The van der Waals surface area contributed by atoms with Crippen molar-refractivity contribution in [3.8, 4) is 0 Å². The van der Waals surface area contributed by atoms with Gasteiger partial charge in [-0.15, -0.1) is 0 Å². The molecule has 0 spiro atoms. The van der Waals surface area contributed by atoms with Crippen LogP contribution in [0.25, 0.3) is 0 Å². The van der Waals surface area contributed by atoms with Gasteiger partial charge in [0.05, 0.1) is 5.75 Å². The van der Waals surface area contributed by atoms with Crippen LogP contribution in [0.15, 0.2) is 24.3 Å². The summed E-state index contributed by atoms with van der Waals surface area (Å²) < 4.78 is 21.6. The fourth-order valence-corrected chi connectivity index (χ4v) is 2.65. The molecule has 0 atom stereocenters. The molecule has 2 rings (SSSR count). The van der Waals surface area contributed by atoms with Crippen molar-refractivity contribution < 1.29 is 8.42 Å². The monoisotopic (exact) mass is 258 g/mol. The van der Waals surface area contributed by atoms with Gasteiger partial charge in [0.15, 0.2) is 0 Å². The Bertz CT molecular complexity index is 446. The summed E-state index contributed by atoms with van der Waals surface area (Å²) in [4.78, 5) is 0. The lowest BCUT2D eigenvalue weighted by atomic mass is 9.80. The van der Waals surface area contributed by atoms with Crippen molar-refractivity contribution in [2.75, 3.05) is 5.75 Å². The van der Waals surface area contributed by atoms with Crippen LogP contribution in [0.1, 0.15) is 36.3 Å². The smallest absolute Gasteiger partial charge is 0.212 e. The summed E-state index contributed by atoms with van der Waals surface area (Å²) in [6.07, 6.45) is 4.40. The van der Waals surface area contributed by atoms with Crippen LogP contribution in [0.3, 0.4) is 0 Å². The third-order valence-corrected chi connectivity index (χ3v) is 4.35. The van der Waals surface area contributed by atoms with Crippen molar-refractivity contribution in [1.29, 1.82) is 0 Å². The SMILES string of the molecule is O=S(=O)(Cl)CCc1ccc(C2CCC2)cc1. The molecule has 0 N–H and O–H groups in total. The van der Waals surface area contributed by atoms with Crippen molar-refractivity contribution in [3.05, 3.63) is 35.4 Å². The summed E-state index contributed by atoms with van der Waals surface area (Å²) in [5.74, 6) is 0.739. The summed E-state index contributed by atoms with van der Waals surface area (Å²) in [6.45, 7) is 0. The Morgan fingerprint density at radius 1 is 1.19 bits per heavy atom. The highest BCUT2D eigenvalue weighted by molar-refractivity contribution is 8.13. The first-order valence-electron chi connectivity index (χ1n) is 5.56. The van der Waals surface area contributed by atoms with Gasteiger partial charge in [0, 0.05) is 10.7 Å². The minimum atomic E-state index is -3.37. The van der Waals surface area contributed by atoms with E-state index in [9.17, 15) is 8.42 Å². The molecule has 2 nitrogen and oxygen atoms in total. The van der Waals surface area contributed by atoms with E-state index in [4.69, 9.17) is 10.7 Å². The molecule has 1 fully saturated rings. The van der Waals surface area contributed by atoms with E-state index in [0.29, 0.717) is 6.42 Å². The maximum atomic E-state index is 10.8. The molecule has 1 aromatic carbocycles. The summed E-state index contributed by atoms with van der Waals surface area (Å²) in [5.41, 5.74) is 2.41. The molecule has 4 heteroatoms. The van der Waals surface area contributed by atoms with E-state index in [2.05, 4.69) is 12.1 Å². The van der Waals surface area contributed by atoms with Crippen LogP contribution >= 0.6 is 10.7 Å². The average molecular weight is 259 g/mol. The molecule has 0 heterocycles. The Hall–Kier alpha value is -0.540. The lowest BCUT2D eigenvalue weighted by molar-refractivity contribution is 0.419. The van der Waals surface area contributed by atoms with Crippen LogP contribution in [0.4, 0.5) is 0 Å². The summed E-state index contributed by atoms with van der Waals surface area (Å²) in [7, 11) is 1.80. The number of hydrogen-bond acceptors (Lipinski definition) is 2. The molecule has 1 aliphatic rings.